The molecule has 1 aliphatic heterocycles. The van der Waals surface area contributed by atoms with Crippen LogP contribution in [0.25, 0.3) is 0 Å². The first-order valence-electron chi connectivity index (χ1n) is 9.40. The Labute approximate surface area is 152 Å². The zero-order valence-electron chi connectivity index (χ0n) is 14.9. The van der Waals surface area contributed by atoms with Crippen molar-refractivity contribution >= 4 is 18.2 Å². The lowest BCUT2D eigenvalue weighted by atomic mass is 9.41. The van der Waals surface area contributed by atoms with Gasteiger partial charge in [-0.05, 0) is 73.7 Å². The van der Waals surface area contributed by atoms with E-state index in [-0.39, 0.29) is 12.4 Å². The van der Waals surface area contributed by atoms with Gasteiger partial charge in [-0.25, -0.2) is 0 Å². The first kappa shape index (κ1) is 16.4. The van der Waals surface area contributed by atoms with Crippen molar-refractivity contribution in [3.63, 3.8) is 0 Å². The summed E-state index contributed by atoms with van der Waals surface area (Å²) in [4.78, 5) is 7.30. The molecule has 1 aromatic carbocycles. The average molecular weight is 345 g/mol. The number of aliphatic imine (C=N–C) groups is 1. The Hall–Kier alpha value is -1.02. The maximum absolute atomic E-state index is 4.79. The van der Waals surface area contributed by atoms with Crippen molar-refractivity contribution in [3.05, 3.63) is 35.9 Å². The zero-order chi connectivity index (χ0) is 15.7. The van der Waals surface area contributed by atoms with Gasteiger partial charge in [0, 0.05) is 7.05 Å². The molecule has 0 radical (unpaired) electrons. The fourth-order valence-corrected chi connectivity index (χ4v) is 7.14. The summed E-state index contributed by atoms with van der Waals surface area (Å²) >= 11 is 0. The summed E-state index contributed by atoms with van der Waals surface area (Å²) in [5.74, 6) is 3.15. The van der Waals surface area contributed by atoms with Gasteiger partial charge in [-0.3, -0.25) is 4.99 Å². The third-order valence-corrected chi connectivity index (χ3v) is 7.67. The van der Waals surface area contributed by atoms with E-state index in [0.717, 1.165) is 18.4 Å². The SMILES string of the molecule is CC1=NCC(C23CC4CC(CC(c5ccccc5)(C4)C2)C3)N1C.Cl. The molecule has 0 N–H and O–H groups in total. The second-order valence-electron chi connectivity index (χ2n) is 8.98. The van der Waals surface area contributed by atoms with Crippen molar-refractivity contribution in [3.8, 4) is 0 Å². The normalized spacial score (nSPS) is 42.8. The minimum Gasteiger partial charge on any atom is -0.358 e. The molecule has 4 fully saturated rings. The van der Waals surface area contributed by atoms with E-state index in [1.165, 1.54) is 44.4 Å². The number of halogens is 1. The van der Waals surface area contributed by atoms with Crippen LogP contribution in [0.5, 0.6) is 0 Å². The fourth-order valence-electron chi connectivity index (χ4n) is 7.14. The molecule has 3 unspecified atom stereocenters. The highest BCUT2D eigenvalue weighted by atomic mass is 35.5. The number of hydrogen-bond donors (Lipinski definition) is 0. The molecule has 130 valence electrons. The van der Waals surface area contributed by atoms with Crippen LogP contribution in [-0.4, -0.2) is 30.4 Å². The molecule has 6 rings (SSSR count). The van der Waals surface area contributed by atoms with Crippen molar-refractivity contribution in [1.29, 1.82) is 0 Å². The summed E-state index contributed by atoms with van der Waals surface area (Å²) in [7, 11) is 2.28. The summed E-state index contributed by atoms with van der Waals surface area (Å²) in [6.07, 6.45) is 8.67. The predicted octanol–water partition coefficient (Wildman–Crippen LogP) is 4.68. The van der Waals surface area contributed by atoms with Crippen molar-refractivity contribution < 1.29 is 0 Å². The van der Waals surface area contributed by atoms with E-state index in [1.807, 2.05) is 0 Å². The number of likely N-dealkylation sites (N-methyl/N-ethyl adjacent to an activating group) is 1. The Bertz CT molecular complexity index is 639. The Morgan fingerprint density at radius 3 is 2.29 bits per heavy atom. The molecule has 0 saturated heterocycles. The lowest BCUT2D eigenvalue weighted by molar-refractivity contribution is -0.0986. The van der Waals surface area contributed by atoms with Crippen LogP contribution in [-0.2, 0) is 5.41 Å². The molecule has 3 heteroatoms. The molecule has 4 bridgehead atoms. The summed E-state index contributed by atoms with van der Waals surface area (Å²) in [5.41, 5.74) is 2.59. The minimum absolute atomic E-state index is 0. The Morgan fingerprint density at radius 2 is 1.71 bits per heavy atom. The smallest absolute Gasteiger partial charge is 0.0959 e. The third-order valence-electron chi connectivity index (χ3n) is 7.67. The van der Waals surface area contributed by atoms with Crippen molar-refractivity contribution in [2.45, 2.75) is 56.9 Å². The van der Waals surface area contributed by atoms with Gasteiger partial charge in [0.15, 0.2) is 0 Å². The molecular formula is C21H29ClN2. The van der Waals surface area contributed by atoms with Crippen LogP contribution >= 0.6 is 12.4 Å². The molecular weight excluding hydrogens is 316 g/mol. The largest absolute Gasteiger partial charge is 0.358 e. The number of hydrogen-bond acceptors (Lipinski definition) is 2. The Balaban J connectivity index is 0.00000146. The van der Waals surface area contributed by atoms with Crippen molar-refractivity contribution in [2.75, 3.05) is 13.6 Å². The van der Waals surface area contributed by atoms with Crippen LogP contribution < -0.4 is 0 Å². The lowest BCUT2D eigenvalue weighted by Crippen LogP contribution is -2.60. The molecule has 4 aliphatic carbocycles. The van der Waals surface area contributed by atoms with Crippen LogP contribution in [0, 0.1) is 17.3 Å². The summed E-state index contributed by atoms with van der Waals surface area (Å²) in [5, 5.41) is 0. The molecule has 1 heterocycles. The highest BCUT2D eigenvalue weighted by Crippen LogP contribution is 2.67. The van der Waals surface area contributed by atoms with Crippen LogP contribution in [0.15, 0.2) is 35.3 Å². The number of benzene rings is 1. The number of rotatable bonds is 2. The van der Waals surface area contributed by atoms with Crippen LogP contribution in [0.3, 0.4) is 0 Å². The zero-order valence-corrected chi connectivity index (χ0v) is 15.7. The number of nitrogens with zero attached hydrogens (tertiary/aromatic N) is 2. The van der Waals surface area contributed by atoms with E-state index in [0.29, 0.717) is 16.9 Å². The van der Waals surface area contributed by atoms with Crippen molar-refractivity contribution in [1.82, 2.24) is 4.90 Å². The topological polar surface area (TPSA) is 15.6 Å². The van der Waals surface area contributed by atoms with Gasteiger partial charge in [0.25, 0.3) is 0 Å². The molecule has 3 atom stereocenters. The van der Waals surface area contributed by atoms with Crippen LogP contribution in [0.2, 0.25) is 0 Å². The fraction of sp³-hybridized carbons (Fsp3) is 0.667. The third kappa shape index (κ3) is 2.18. The van der Waals surface area contributed by atoms with Gasteiger partial charge >= 0.3 is 0 Å². The van der Waals surface area contributed by atoms with E-state index >= 15 is 0 Å². The molecule has 0 aromatic heterocycles. The predicted molar refractivity (Wildman–Crippen MR) is 102 cm³/mol. The number of amidine groups is 1. The standard InChI is InChI=1S/C21H28N2.ClH/c1-15-22-13-19(23(15)2)21-11-16-8-17(12-21)10-20(9-16,14-21)18-6-4-3-5-7-18;/h3-7,16-17,19H,8-14H2,1-2H3;1H. The summed E-state index contributed by atoms with van der Waals surface area (Å²) < 4.78 is 0. The molecule has 0 spiro atoms. The lowest BCUT2D eigenvalue weighted by Gasteiger charge is -2.64. The van der Waals surface area contributed by atoms with Crippen LogP contribution in [0.4, 0.5) is 0 Å². The minimum atomic E-state index is 0. The molecule has 4 saturated carbocycles. The first-order chi connectivity index (χ1) is 11.1. The van der Waals surface area contributed by atoms with Gasteiger partial charge in [-0.1, -0.05) is 30.3 Å². The average Bonchev–Trinajstić information content (AvgIpc) is 2.87. The molecule has 24 heavy (non-hydrogen) atoms. The Morgan fingerprint density at radius 1 is 1.04 bits per heavy atom. The van der Waals surface area contributed by atoms with E-state index in [1.54, 1.807) is 5.56 Å². The molecule has 2 nitrogen and oxygen atoms in total. The highest BCUT2D eigenvalue weighted by molar-refractivity contribution is 5.85. The second-order valence-corrected chi connectivity index (χ2v) is 8.98. The monoisotopic (exact) mass is 344 g/mol. The van der Waals surface area contributed by atoms with Gasteiger partial charge in [-0.2, -0.15) is 0 Å². The van der Waals surface area contributed by atoms with E-state index in [4.69, 9.17) is 4.99 Å². The van der Waals surface area contributed by atoms with E-state index in [2.05, 4.69) is 49.2 Å². The maximum atomic E-state index is 4.79. The van der Waals surface area contributed by atoms with Gasteiger partial charge in [0.2, 0.25) is 0 Å². The summed E-state index contributed by atoms with van der Waals surface area (Å²) in [6, 6.07) is 12.1. The van der Waals surface area contributed by atoms with Gasteiger partial charge < -0.3 is 4.90 Å². The van der Waals surface area contributed by atoms with Gasteiger partial charge in [-0.15, -0.1) is 12.4 Å². The first-order valence-corrected chi connectivity index (χ1v) is 9.40. The second kappa shape index (κ2) is 5.49. The van der Waals surface area contributed by atoms with E-state index < -0.39 is 0 Å². The molecule has 1 aromatic rings. The molecule has 0 amide bonds. The summed E-state index contributed by atoms with van der Waals surface area (Å²) in [6.45, 7) is 3.22. The highest BCUT2D eigenvalue weighted by Gasteiger charge is 2.61. The van der Waals surface area contributed by atoms with Crippen LogP contribution in [0.1, 0.15) is 51.0 Å². The van der Waals surface area contributed by atoms with Gasteiger partial charge in [0.1, 0.15) is 0 Å². The van der Waals surface area contributed by atoms with E-state index in [9.17, 15) is 0 Å². The molecule has 5 aliphatic rings. The van der Waals surface area contributed by atoms with Crippen molar-refractivity contribution in [2.24, 2.45) is 22.2 Å². The Kier molecular flexibility index (Phi) is 3.76. The maximum Gasteiger partial charge on any atom is 0.0959 e. The van der Waals surface area contributed by atoms with Gasteiger partial charge in [0.05, 0.1) is 18.4 Å². The quantitative estimate of drug-likeness (QED) is 0.760.